The molecule has 0 aliphatic rings. The lowest BCUT2D eigenvalue weighted by Gasteiger charge is -2.10. The van der Waals surface area contributed by atoms with Gasteiger partial charge in [0.05, 0.1) is 5.56 Å². The van der Waals surface area contributed by atoms with Gasteiger partial charge in [0.25, 0.3) is 11.5 Å². The second-order valence-electron chi connectivity index (χ2n) is 5.80. The van der Waals surface area contributed by atoms with Gasteiger partial charge in [-0.05, 0) is 30.3 Å². The van der Waals surface area contributed by atoms with Gasteiger partial charge in [-0.15, -0.1) is 0 Å². The standard InChI is InChI=1S/C17H16F3N3O3/c1-9(2)14(24)22-12-5-3-10(4-6-12)15(25)23-13-7-11(17(18,19)20)8-21-16(13)26/h3-9H,1-2H3,(H,21,26)(H,22,24)(H,23,25). The first-order valence-electron chi connectivity index (χ1n) is 7.60. The highest BCUT2D eigenvalue weighted by atomic mass is 19.4. The second-order valence-corrected chi connectivity index (χ2v) is 5.80. The lowest BCUT2D eigenvalue weighted by atomic mass is 10.1. The molecule has 26 heavy (non-hydrogen) atoms. The summed E-state index contributed by atoms with van der Waals surface area (Å²) in [5.74, 6) is -1.17. The van der Waals surface area contributed by atoms with Gasteiger partial charge in [-0.1, -0.05) is 13.8 Å². The van der Waals surface area contributed by atoms with E-state index in [1.165, 1.54) is 24.3 Å². The van der Waals surface area contributed by atoms with Crippen molar-refractivity contribution in [3.05, 3.63) is 58.0 Å². The van der Waals surface area contributed by atoms with Crippen molar-refractivity contribution >= 4 is 23.2 Å². The lowest BCUT2D eigenvalue weighted by molar-refractivity contribution is -0.137. The summed E-state index contributed by atoms with van der Waals surface area (Å²) in [6.45, 7) is 3.45. The number of alkyl halides is 3. The van der Waals surface area contributed by atoms with Gasteiger partial charge < -0.3 is 15.6 Å². The predicted molar refractivity (Wildman–Crippen MR) is 89.9 cm³/mol. The van der Waals surface area contributed by atoms with Gasteiger partial charge in [0.1, 0.15) is 5.69 Å². The Hall–Kier alpha value is -3.10. The predicted octanol–water partition coefficient (Wildman–Crippen LogP) is 3.24. The summed E-state index contributed by atoms with van der Waals surface area (Å²) in [5, 5.41) is 4.79. The van der Waals surface area contributed by atoms with Gasteiger partial charge in [-0.2, -0.15) is 13.2 Å². The Kier molecular flexibility index (Phi) is 5.49. The first-order valence-corrected chi connectivity index (χ1v) is 7.60. The summed E-state index contributed by atoms with van der Waals surface area (Å²) >= 11 is 0. The van der Waals surface area contributed by atoms with Crippen LogP contribution in [0, 0.1) is 5.92 Å². The van der Waals surface area contributed by atoms with E-state index in [0.29, 0.717) is 18.0 Å². The molecule has 138 valence electrons. The number of nitrogens with one attached hydrogen (secondary N) is 3. The summed E-state index contributed by atoms with van der Waals surface area (Å²) in [5.41, 5.74) is -1.87. The van der Waals surface area contributed by atoms with E-state index < -0.39 is 28.9 Å². The van der Waals surface area contributed by atoms with E-state index in [9.17, 15) is 27.6 Å². The van der Waals surface area contributed by atoms with E-state index in [2.05, 4.69) is 10.6 Å². The second kappa shape index (κ2) is 7.42. The number of hydrogen-bond donors (Lipinski definition) is 3. The molecular formula is C17H16F3N3O3. The molecule has 1 aromatic heterocycles. The zero-order valence-electron chi connectivity index (χ0n) is 13.9. The zero-order valence-corrected chi connectivity index (χ0v) is 13.9. The number of carbonyl (C=O) groups excluding carboxylic acids is 2. The molecule has 0 fully saturated rings. The van der Waals surface area contributed by atoms with Crippen molar-refractivity contribution < 1.29 is 22.8 Å². The molecule has 0 saturated carbocycles. The molecule has 0 spiro atoms. The number of H-pyrrole nitrogens is 1. The highest BCUT2D eigenvalue weighted by molar-refractivity contribution is 6.04. The molecule has 3 N–H and O–H groups in total. The molecule has 0 bridgehead atoms. The molecular weight excluding hydrogens is 351 g/mol. The molecule has 9 heteroatoms. The van der Waals surface area contributed by atoms with Crippen molar-refractivity contribution in [1.82, 2.24) is 4.98 Å². The van der Waals surface area contributed by atoms with Crippen LogP contribution in [0.2, 0.25) is 0 Å². The summed E-state index contributed by atoms with van der Waals surface area (Å²) in [6.07, 6.45) is -4.12. The maximum absolute atomic E-state index is 12.7. The Labute approximate surface area is 146 Å². The molecule has 0 atom stereocenters. The van der Waals surface area contributed by atoms with Crippen molar-refractivity contribution in [3.8, 4) is 0 Å². The van der Waals surface area contributed by atoms with E-state index in [1.54, 1.807) is 13.8 Å². The Bertz CT molecular complexity index is 871. The number of rotatable bonds is 4. The van der Waals surface area contributed by atoms with E-state index in [0.717, 1.165) is 0 Å². The Morgan fingerprint density at radius 3 is 2.23 bits per heavy atom. The molecule has 0 aliphatic carbocycles. The quantitative estimate of drug-likeness (QED) is 0.775. The van der Waals surface area contributed by atoms with E-state index >= 15 is 0 Å². The number of aromatic nitrogens is 1. The van der Waals surface area contributed by atoms with E-state index in [4.69, 9.17) is 0 Å². The topological polar surface area (TPSA) is 91.1 Å². The van der Waals surface area contributed by atoms with E-state index in [1.807, 2.05) is 4.98 Å². The van der Waals surface area contributed by atoms with Crippen LogP contribution < -0.4 is 16.2 Å². The average Bonchev–Trinajstić information content (AvgIpc) is 2.56. The van der Waals surface area contributed by atoms with Crippen LogP contribution in [-0.4, -0.2) is 16.8 Å². The number of carbonyl (C=O) groups is 2. The minimum atomic E-state index is -4.65. The number of aromatic amines is 1. The third-order valence-electron chi connectivity index (χ3n) is 3.42. The van der Waals surface area contributed by atoms with Gasteiger partial charge >= 0.3 is 6.18 Å². The maximum Gasteiger partial charge on any atom is 0.417 e. The summed E-state index contributed by atoms with van der Waals surface area (Å²) < 4.78 is 38.1. The number of hydrogen-bond acceptors (Lipinski definition) is 3. The van der Waals surface area contributed by atoms with Crippen LogP contribution in [0.25, 0.3) is 0 Å². The maximum atomic E-state index is 12.7. The van der Waals surface area contributed by atoms with Crippen LogP contribution in [-0.2, 0) is 11.0 Å². The van der Waals surface area contributed by atoms with Crippen LogP contribution in [0.4, 0.5) is 24.5 Å². The van der Waals surface area contributed by atoms with Gasteiger partial charge in [0.2, 0.25) is 5.91 Å². The third kappa shape index (κ3) is 4.71. The fourth-order valence-electron chi connectivity index (χ4n) is 1.93. The molecule has 0 saturated heterocycles. The minimum Gasteiger partial charge on any atom is -0.327 e. The molecule has 2 rings (SSSR count). The molecule has 2 amide bonds. The van der Waals surface area contributed by atoms with Gasteiger partial charge in [-0.3, -0.25) is 14.4 Å². The molecule has 1 heterocycles. The van der Waals surface area contributed by atoms with Crippen molar-refractivity contribution in [3.63, 3.8) is 0 Å². The van der Waals surface area contributed by atoms with Crippen LogP contribution in [0.15, 0.2) is 41.3 Å². The fraction of sp³-hybridized carbons (Fsp3) is 0.235. The Balaban J connectivity index is 2.15. The first kappa shape index (κ1) is 19.2. The monoisotopic (exact) mass is 367 g/mol. The van der Waals surface area contributed by atoms with Gasteiger partial charge in [0.15, 0.2) is 0 Å². The van der Waals surface area contributed by atoms with Gasteiger partial charge in [-0.25, -0.2) is 0 Å². The summed E-state index contributed by atoms with van der Waals surface area (Å²) in [4.78, 5) is 37.3. The number of pyridine rings is 1. The molecule has 1 aromatic carbocycles. The Morgan fingerprint density at radius 1 is 1.08 bits per heavy atom. The summed E-state index contributed by atoms with van der Waals surface area (Å²) in [6, 6.07) is 6.28. The number of amides is 2. The van der Waals surface area contributed by atoms with E-state index in [-0.39, 0.29) is 17.4 Å². The largest absolute Gasteiger partial charge is 0.417 e. The smallest absolute Gasteiger partial charge is 0.327 e. The van der Waals surface area contributed by atoms with Crippen LogP contribution in [0.3, 0.4) is 0 Å². The SMILES string of the molecule is CC(C)C(=O)Nc1ccc(C(=O)Nc2cc(C(F)(F)F)c[nH]c2=O)cc1. The molecule has 0 aliphatic heterocycles. The summed E-state index contributed by atoms with van der Waals surface area (Å²) in [7, 11) is 0. The fourth-order valence-corrected chi connectivity index (χ4v) is 1.93. The highest BCUT2D eigenvalue weighted by Gasteiger charge is 2.31. The number of benzene rings is 1. The number of halogens is 3. The van der Waals surface area contributed by atoms with Gasteiger partial charge in [0, 0.05) is 23.4 Å². The normalized spacial score (nSPS) is 11.3. The molecule has 0 unspecified atom stereocenters. The van der Waals surface area contributed by atoms with Crippen molar-refractivity contribution in [2.75, 3.05) is 10.6 Å². The van der Waals surface area contributed by atoms with Crippen molar-refractivity contribution in [1.29, 1.82) is 0 Å². The average molecular weight is 367 g/mol. The number of anilines is 2. The molecule has 0 radical (unpaired) electrons. The first-order chi connectivity index (χ1) is 12.1. The van der Waals surface area contributed by atoms with Crippen molar-refractivity contribution in [2.24, 2.45) is 5.92 Å². The molecule has 2 aromatic rings. The van der Waals surface area contributed by atoms with Crippen LogP contribution >= 0.6 is 0 Å². The Morgan fingerprint density at radius 2 is 1.69 bits per heavy atom. The zero-order chi connectivity index (χ0) is 19.5. The minimum absolute atomic E-state index is 0.115. The van der Waals surface area contributed by atoms with Crippen LogP contribution in [0.1, 0.15) is 29.8 Å². The highest BCUT2D eigenvalue weighted by Crippen LogP contribution is 2.29. The lowest BCUT2D eigenvalue weighted by Crippen LogP contribution is -2.21. The third-order valence-corrected chi connectivity index (χ3v) is 3.42. The van der Waals surface area contributed by atoms with Crippen molar-refractivity contribution in [2.45, 2.75) is 20.0 Å². The molecule has 6 nitrogen and oxygen atoms in total. The van der Waals surface area contributed by atoms with Crippen LogP contribution in [0.5, 0.6) is 0 Å².